The normalized spacial score (nSPS) is 15.9. The lowest BCUT2D eigenvalue weighted by molar-refractivity contribution is 0.414. The van der Waals surface area contributed by atoms with Crippen molar-refractivity contribution in [1.82, 2.24) is 0 Å². The average molecular weight is 427 g/mol. The minimum absolute atomic E-state index is 0.00558. The van der Waals surface area contributed by atoms with E-state index >= 15 is 0 Å². The van der Waals surface area contributed by atoms with Gasteiger partial charge in [0.2, 0.25) is 0 Å². The molecule has 1 heterocycles. The highest BCUT2D eigenvalue weighted by Gasteiger charge is 2.31. The highest BCUT2D eigenvalue weighted by molar-refractivity contribution is 6.43. The van der Waals surface area contributed by atoms with Crippen molar-refractivity contribution in [2.45, 2.75) is 12.5 Å². The minimum atomic E-state index is -0.00558. The Bertz CT molecular complexity index is 1030. The molecule has 0 amide bonds. The third-order valence-corrected chi connectivity index (χ3v) is 5.82. The molecule has 0 saturated heterocycles. The van der Waals surface area contributed by atoms with Crippen LogP contribution in [-0.2, 0) is 0 Å². The second-order valence-corrected chi connectivity index (χ2v) is 7.47. The fraction of sp³-hybridized carbons (Fsp3) is 0.174. The highest BCUT2D eigenvalue weighted by Crippen LogP contribution is 2.42. The van der Waals surface area contributed by atoms with E-state index in [1.165, 1.54) is 0 Å². The van der Waals surface area contributed by atoms with Crippen LogP contribution in [0.1, 0.15) is 23.6 Å². The Kier molecular flexibility index (Phi) is 5.65. The molecule has 29 heavy (non-hydrogen) atoms. The Labute approximate surface area is 180 Å². The molecule has 1 atom stereocenters. The second-order valence-electron chi connectivity index (χ2n) is 6.69. The Morgan fingerprint density at radius 2 is 1.48 bits per heavy atom. The lowest BCUT2D eigenvalue weighted by Crippen LogP contribution is -2.19. The monoisotopic (exact) mass is 426 g/mol. The average Bonchev–Trinajstić information content (AvgIpc) is 3.21. The van der Waals surface area contributed by atoms with E-state index in [9.17, 15) is 0 Å². The number of hydrogen-bond acceptors (Lipinski definition) is 4. The molecular formula is C23H20Cl2N2O2. The van der Waals surface area contributed by atoms with Gasteiger partial charge in [-0.15, -0.1) is 0 Å². The van der Waals surface area contributed by atoms with E-state index in [4.69, 9.17) is 37.8 Å². The summed E-state index contributed by atoms with van der Waals surface area (Å²) in [5.41, 5.74) is 3.92. The number of nitrogens with zero attached hydrogens (tertiary/aromatic N) is 2. The zero-order valence-corrected chi connectivity index (χ0v) is 17.6. The molecule has 0 N–H and O–H groups in total. The first kappa shape index (κ1) is 19.6. The Hall–Kier alpha value is -2.69. The summed E-state index contributed by atoms with van der Waals surface area (Å²) in [6.45, 7) is 0. The first-order valence-electron chi connectivity index (χ1n) is 9.20. The number of rotatable bonds is 5. The second kappa shape index (κ2) is 8.36. The van der Waals surface area contributed by atoms with Gasteiger partial charge in [0.25, 0.3) is 0 Å². The van der Waals surface area contributed by atoms with Gasteiger partial charge in [0.15, 0.2) is 0 Å². The number of hydrazone groups is 1. The van der Waals surface area contributed by atoms with Crippen LogP contribution in [0, 0.1) is 0 Å². The molecule has 4 nitrogen and oxygen atoms in total. The van der Waals surface area contributed by atoms with E-state index in [0.29, 0.717) is 10.0 Å². The van der Waals surface area contributed by atoms with Crippen LogP contribution in [0.15, 0.2) is 71.8 Å². The first-order valence-corrected chi connectivity index (χ1v) is 9.95. The summed E-state index contributed by atoms with van der Waals surface area (Å²) in [5.74, 6) is 1.63. The van der Waals surface area contributed by atoms with Gasteiger partial charge in [-0.25, -0.2) is 0 Å². The van der Waals surface area contributed by atoms with Gasteiger partial charge in [-0.05, 0) is 59.7 Å². The fourth-order valence-corrected chi connectivity index (χ4v) is 3.83. The molecule has 6 heteroatoms. The Morgan fingerprint density at radius 1 is 0.862 bits per heavy atom. The lowest BCUT2D eigenvalue weighted by atomic mass is 9.98. The molecular weight excluding hydrogens is 407 g/mol. The molecule has 1 aliphatic rings. The van der Waals surface area contributed by atoms with Gasteiger partial charge in [-0.2, -0.15) is 5.10 Å². The molecule has 1 aliphatic heterocycles. The van der Waals surface area contributed by atoms with Crippen LogP contribution < -0.4 is 14.5 Å². The Morgan fingerprint density at radius 3 is 2.10 bits per heavy atom. The SMILES string of the molecule is COc1ccc(C2=NN(c3cccc(Cl)c3Cl)C(c3ccc(OC)cc3)C2)cc1. The predicted molar refractivity (Wildman–Crippen MR) is 119 cm³/mol. The zero-order valence-electron chi connectivity index (χ0n) is 16.1. The van der Waals surface area contributed by atoms with Crippen LogP contribution in [0.5, 0.6) is 11.5 Å². The van der Waals surface area contributed by atoms with Crippen molar-refractivity contribution in [1.29, 1.82) is 0 Å². The van der Waals surface area contributed by atoms with Gasteiger partial charge >= 0.3 is 0 Å². The molecule has 4 rings (SSSR count). The van der Waals surface area contributed by atoms with E-state index < -0.39 is 0 Å². The summed E-state index contributed by atoms with van der Waals surface area (Å²) in [4.78, 5) is 0. The van der Waals surface area contributed by atoms with Crippen LogP contribution in [0.4, 0.5) is 5.69 Å². The van der Waals surface area contributed by atoms with Crippen molar-refractivity contribution in [3.8, 4) is 11.5 Å². The van der Waals surface area contributed by atoms with Crippen molar-refractivity contribution in [2.24, 2.45) is 5.10 Å². The quantitative estimate of drug-likeness (QED) is 0.475. The summed E-state index contributed by atoms with van der Waals surface area (Å²) in [6.07, 6.45) is 0.738. The maximum absolute atomic E-state index is 6.53. The van der Waals surface area contributed by atoms with Gasteiger partial charge in [-0.3, -0.25) is 5.01 Å². The van der Waals surface area contributed by atoms with Crippen LogP contribution >= 0.6 is 23.2 Å². The molecule has 1 unspecified atom stereocenters. The van der Waals surface area contributed by atoms with E-state index in [1.54, 1.807) is 20.3 Å². The molecule has 0 saturated carbocycles. The maximum atomic E-state index is 6.53. The molecule has 0 fully saturated rings. The smallest absolute Gasteiger partial charge is 0.118 e. The summed E-state index contributed by atoms with van der Waals surface area (Å²) in [5, 5.41) is 7.87. The zero-order chi connectivity index (χ0) is 20.4. The summed E-state index contributed by atoms with van der Waals surface area (Å²) < 4.78 is 10.6. The van der Waals surface area contributed by atoms with Gasteiger partial charge in [0.05, 0.1) is 41.7 Å². The third-order valence-electron chi connectivity index (χ3n) is 5.01. The van der Waals surface area contributed by atoms with Gasteiger partial charge < -0.3 is 9.47 Å². The van der Waals surface area contributed by atoms with Crippen LogP contribution in [0.25, 0.3) is 0 Å². The van der Waals surface area contributed by atoms with E-state index in [-0.39, 0.29) is 6.04 Å². The van der Waals surface area contributed by atoms with Crippen LogP contribution in [0.3, 0.4) is 0 Å². The highest BCUT2D eigenvalue weighted by atomic mass is 35.5. The number of halogens is 2. The number of anilines is 1. The summed E-state index contributed by atoms with van der Waals surface area (Å²) in [6, 6.07) is 21.5. The van der Waals surface area contributed by atoms with Crippen LogP contribution in [-0.4, -0.2) is 19.9 Å². The van der Waals surface area contributed by atoms with Crippen molar-refractivity contribution < 1.29 is 9.47 Å². The van der Waals surface area contributed by atoms with Crippen molar-refractivity contribution in [3.05, 3.63) is 87.9 Å². The van der Waals surface area contributed by atoms with E-state index in [2.05, 4.69) is 12.1 Å². The number of ether oxygens (including phenoxy) is 2. The molecule has 0 aliphatic carbocycles. The number of methoxy groups -OCH3 is 2. The Balaban J connectivity index is 1.75. The molecule has 0 spiro atoms. The van der Waals surface area contributed by atoms with Crippen LogP contribution in [0.2, 0.25) is 10.0 Å². The van der Waals surface area contributed by atoms with E-state index in [1.807, 2.05) is 53.5 Å². The fourth-order valence-electron chi connectivity index (χ4n) is 3.45. The van der Waals surface area contributed by atoms with Gasteiger partial charge in [0.1, 0.15) is 11.5 Å². The van der Waals surface area contributed by atoms with Crippen molar-refractivity contribution >= 4 is 34.6 Å². The number of hydrogen-bond donors (Lipinski definition) is 0. The molecule has 3 aromatic carbocycles. The van der Waals surface area contributed by atoms with Crippen molar-refractivity contribution in [2.75, 3.05) is 19.2 Å². The third kappa shape index (κ3) is 3.91. The van der Waals surface area contributed by atoms with E-state index in [0.717, 1.165) is 40.4 Å². The molecule has 148 valence electrons. The van der Waals surface area contributed by atoms with Gasteiger partial charge in [0, 0.05) is 6.42 Å². The summed E-state index contributed by atoms with van der Waals surface area (Å²) in [7, 11) is 3.32. The maximum Gasteiger partial charge on any atom is 0.118 e. The van der Waals surface area contributed by atoms with Gasteiger partial charge in [-0.1, -0.05) is 41.4 Å². The largest absolute Gasteiger partial charge is 0.497 e. The first-order chi connectivity index (χ1) is 14.1. The summed E-state index contributed by atoms with van der Waals surface area (Å²) >= 11 is 12.8. The topological polar surface area (TPSA) is 34.1 Å². The predicted octanol–water partition coefficient (Wildman–Crippen LogP) is 6.37. The standard InChI is InChI=1S/C23H20Cl2N2O2/c1-28-17-10-6-15(7-11-17)20-14-22(16-8-12-18(29-2)13-9-16)27(26-20)21-5-3-4-19(24)23(21)25/h3-13,22H,14H2,1-2H3. The minimum Gasteiger partial charge on any atom is -0.497 e. The molecule has 0 aromatic heterocycles. The van der Waals surface area contributed by atoms with Crippen molar-refractivity contribution in [3.63, 3.8) is 0 Å². The lowest BCUT2D eigenvalue weighted by Gasteiger charge is -2.25. The number of benzene rings is 3. The molecule has 3 aromatic rings. The molecule has 0 radical (unpaired) electrons. The molecule has 0 bridgehead atoms.